The first-order valence-electron chi connectivity index (χ1n) is 7.39. The summed E-state index contributed by atoms with van der Waals surface area (Å²) in [5, 5.41) is 11.8. The van der Waals surface area contributed by atoms with Gasteiger partial charge in [-0.1, -0.05) is 31.2 Å². The second kappa shape index (κ2) is 7.61. The summed E-state index contributed by atoms with van der Waals surface area (Å²) < 4.78 is 5.50. The number of hydrogen-bond acceptors (Lipinski definition) is 3. The number of ether oxygens (including phenoxy) is 1. The summed E-state index contributed by atoms with van der Waals surface area (Å²) in [6, 6.07) is 15.5. The van der Waals surface area contributed by atoms with E-state index in [1.807, 2.05) is 55.5 Å². The number of carbonyl (C=O) groups is 1. The molecule has 0 saturated heterocycles. The summed E-state index contributed by atoms with van der Waals surface area (Å²) in [5.41, 5.74) is 2.83. The normalized spacial score (nSPS) is 11.8. The Balaban J connectivity index is 2.11. The first-order valence-corrected chi connectivity index (χ1v) is 7.39. The van der Waals surface area contributed by atoms with Crippen LogP contribution in [0.2, 0.25) is 0 Å². The molecule has 1 unspecified atom stereocenters. The van der Waals surface area contributed by atoms with Crippen LogP contribution >= 0.6 is 0 Å². The topological polar surface area (TPSA) is 58.6 Å². The zero-order valence-electron chi connectivity index (χ0n) is 12.9. The fraction of sp³-hybridized carbons (Fsp3) is 0.278. The monoisotopic (exact) mass is 299 g/mol. The van der Waals surface area contributed by atoms with Crippen LogP contribution in [0.15, 0.2) is 48.5 Å². The molecule has 2 aromatic carbocycles. The van der Waals surface area contributed by atoms with E-state index in [2.05, 4.69) is 5.32 Å². The Kier molecular flexibility index (Phi) is 5.55. The van der Waals surface area contributed by atoms with Crippen molar-refractivity contribution in [1.29, 1.82) is 0 Å². The van der Waals surface area contributed by atoms with Crippen LogP contribution in [-0.4, -0.2) is 24.2 Å². The zero-order valence-corrected chi connectivity index (χ0v) is 12.9. The van der Waals surface area contributed by atoms with Crippen LogP contribution in [0, 0.1) is 5.92 Å². The SMILES string of the molecule is CCOc1cccc(-c2ccc(NC(=O)C(C)CO)cc2)c1. The van der Waals surface area contributed by atoms with Crippen molar-refractivity contribution < 1.29 is 14.6 Å². The minimum atomic E-state index is -0.414. The lowest BCUT2D eigenvalue weighted by atomic mass is 10.0. The van der Waals surface area contributed by atoms with Gasteiger partial charge in [0.05, 0.1) is 19.1 Å². The van der Waals surface area contributed by atoms with Crippen molar-refractivity contribution in [2.45, 2.75) is 13.8 Å². The van der Waals surface area contributed by atoms with E-state index in [1.165, 1.54) is 0 Å². The van der Waals surface area contributed by atoms with Gasteiger partial charge in [0.2, 0.25) is 5.91 Å². The van der Waals surface area contributed by atoms with E-state index in [4.69, 9.17) is 9.84 Å². The summed E-state index contributed by atoms with van der Waals surface area (Å²) in [5.74, 6) is 0.241. The van der Waals surface area contributed by atoms with Gasteiger partial charge >= 0.3 is 0 Å². The average Bonchev–Trinajstić information content (AvgIpc) is 2.55. The van der Waals surface area contributed by atoms with Gasteiger partial charge in [0, 0.05) is 5.69 Å². The van der Waals surface area contributed by atoms with Crippen LogP contribution < -0.4 is 10.1 Å². The van der Waals surface area contributed by atoms with Crippen molar-refractivity contribution in [3.8, 4) is 16.9 Å². The number of aliphatic hydroxyl groups excluding tert-OH is 1. The molecule has 2 rings (SSSR count). The highest BCUT2D eigenvalue weighted by molar-refractivity contribution is 5.92. The average molecular weight is 299 g/mol. The third-order valence-electron chi connectivity index (χ3n) is 3.35. The number of hydrogen-bond donors (Lipinski definition) is 2. The van der Waals surface area contributed by atoms with Crippen molar-refractivity contribution in [1.82, 2.24) is 0 Å². The molecule has 0 aromatic heterocycles. The molecular formula is C18H21NO3. The quantitative estimate of drug-likeness (QED) is 0.860. The summed E-state index contributed by atoms with van der Waals surface area (Å²) in [7, 11) is 0. The van der Waals surface area contributed by atoms with Gasteiger partial charge in [-0.2, -0.15) is 0 Å². The number of carbonyl (C=O) groups excluding carboxylic acids is 1. The van der Waals surface area contributed by atoms with E-state index >= 15 is 0 Å². The molecule has 0 saturated carbocycles. The van der Waals surface area contributed by atoms with Crippen LogP contribution in [0.25, 0.3) is 11.1 Å². The molecule has 0 aliphatic carbocycles. The summed E-state index contributed by atoms with van der Waals surface area (Å²) >= 11 is 0. The van der Waals surface area contributed by atoms with E-state index in [-0.39, 0.29) is 12.5 Å². The van der Waals surface area contributed by atoms with E-state index in [0.29, 0.717) is 6.61 Å². The zero-order chi connectivity index (χ0) is 15.9. The van der Waals surface area contributed by atoms with E-state index in [0.717, 1.165) is 22.6 Å². The van der Waals surface area contributed by atoms with Gasteiger partial charge in [-0.15, -0.1) is 0 Å². The van der Waals surface area contributed by atoms with Crippen LogP contribution in [0.3, 0.4) is 0 Å². The molecule has 0 aliphatic heterocycles. The van der Waals surface area contributed by atoms with Gasteiger partial charge < -0.3 is 15.2 Å². The van der Waals surface area contributed by atoms with Crippen LogP contribution in [-0.2, 0) is 4.79 Å². The van der Waals surface area contributed by atoms with Crippen LogP contribution in [0.1, 0.15) is 13.8 Å². The number of benzene rings is 2. The Morgan fingerprint density at radius 1 is 1.18 bits per heavy atom. The second-order valence-electron chi connectivity index (χ2n) is 5.11. The van der Waals surface area contributed by atoms with Gasteiger partial charge in [-0.3, -0.25) is 4.79 Å². The largest absolute Gasteiger partial charge is 0.494 e. The molecule has 4 heteroatoms. The predicted octanol–water partition coefficient (Wildman–Crippen LogP) is 3.32. The first kappa shape index (κ1) is 16.0. The molecule has 0 radical (unpaired) electrons. The molecule has 0 heterocycles. The van der Waals surface area contributed by atoms with Gasteiger partial charge in [-0.05, 0) is 42.3 Å². The molecule has 22 heavy (non-hydrogen) atoms. The molecule has 1 atom stereocenters. The predicted molar refractivity (Wildman–Crippen MR) is 87.9 cm³/mol. The Bertz CT molecular complexity index is 622. The second-order valence-corrected chi connectivity index (χ2v) is 5.11. The molecule has 0 spiro atoms. The minimum absolute atomic E-state index is 0.159. The number of nitrogens with one attached hydrogen (secondary N) is 1. The molecule has 2 N–H and O–H groups in total. The number of rotatable bonds is 6. The maximum Gasteiger partial charge on any atom is 0.229 e. The van der Waals surface area contributed by atoms with Crippen molar-refractivity contribution in [2.75, 3.05) is 18.5 Å². The highest BCUT2D eigenvalue weighted by Crippen LogP contribution is 2.25. The Labute approximate surface area is 130 Å². The fourth-order valence-corrected chi connectivity index (χ4v) is 2.03. The molecule has 0 aliphatic rings. The maximum atomic E-state index is 11.7. The Morgan fingerprint density at radius 3 is 2.55 bits per heavy atom. The number of aliphatic hydroxyl groups is 1. The molecule has 1 amide bonds. The van der Waals surface area contributed by atoms with Gasteiger partial charge in [0.1, 0.15) is 5.75 Å². The van der Waals surface area contributed by atoms with Crippen LogP contribution in [0.5, 0.6) is 5.75 Å². The summed E-state index contributed by atoms with van der Waals surface area (Å²) in [6.45, 7) is 4.12. The molecule has 2 aromatic rings. The van der Waals surface area contributed by atoms with Gasteiger partial charge in [0.25, 0.3) is 0 Å². The Hall–Kier alpha value is -2.33. The first-order chi connectivity index (χ1) is 10.6. The lowest BCUT2D eigenvalue weighted by Crippen LogP contribution is -2.22. The number of amides is 1. The van der Waals surface area contributed by atoms with E-state index in [1.54, 1.807) is 6.92 Å². The third kappa shape index (κ3) is 4.09. The van der Waals surface area contributed by atoms with Crippen molar-refractivity contribution >= 4 is 11.6 Å². The smallest absolute Gasteiger partial charge is 0.229 e. The lowest BCUT2D eigenvalue weighted by molar-refractivity contribution is -0.120. The molecule has 116 valence electrons. The molecule has 0 fully saturated rings. The lowest BCUT2D eigenvalue weighted by Gasteiger charge is -2.10. The standard InChI is InChI=1S/C18H21NO3/c1-3-22-17-6-4-5-15(11-17)14-7-9-16(10-8-14)19-18(21)13(2)12-20/h4-11,13,20H,3,12H2,1-2H3,(H,19,21). The Morgan fingerprint density at radius 2 is 1.91 bits per heavy atom. The molecule has 0 bridgehead atoms. The highest BCUT2D eigenvalue weighted by atomic mass is 16.5. The minimum Gasteiger partial charge on any atom is -0.494 e. The van der Waals surface area contributed by atoms with Crippen molar-refractivity contribution in [3.63, 3.8) is 0 Å². The van der Waals surface area contributed by atoms with Gasteiger partial charge in [-0.25, -0.2) is 0 Å². The summed E-state index contributed by atoms with van der Waals surface area (Å²) in [4.78, 5) is 11.7. The molecular weight excluding hydrogens is 278 g/mol. The fourth-order valence-electron chi connectivity index (χ4n) is 2.03. The maximum absolute atomic E-state index is 11.7. The van der Waals surface area contributed by atoms with E-state index in [9.17, 15) is 4.79 Å². The molecule has 4 nitrogen and oxygen atoms in total. The van der Waals surface area contributed by atoms with Crippen molar-refractivity contribution in [2.24, 2.45) is 5.92 Å². The van der Waals surface area contributed by atoms with Gasteiger partial charge in [0.15, 0.2) is 0 Å². The van der Waals surface area contributed by atoms with Crippen LogP contribution in [0.4, 0.5) is 5.69 Å². The highest BCUT2D eigenvalue weighted by Gasteiger charge is 2.11. The summed E-state index contributed by atoms with van der Waals surface area (Å²) in [6.07, 6.45) is 0. The third-order valence-corrected chi connectivity index (χ3v) is 3.35. The van der Waals surface area contributed by atoms with E-state index < -0.39 is 5.92 Å². The number of anilines is 1. The van der Waals surface area contributed by atoms with Crippen molar-refractivity contribution in [3.05, 3.63) is 48.5 Å².